The lowest BCUT2D eigenvalue weighted by Gasteiger charge is -2.02. The minimum Gasteiger partial charge on any atom is -0.484 e. The number of hydrogen-bond donors (Lipinski definition) is 1. The molecule has 0 radical (unpaired) electrons. The van der Waals surface area contributed by atoms with E-state index in [1.165, 1.54) is 30.2 Å². The second kappa shape index (κ2) is 9.58. The number of rotatable bonds is 8. The zero-order chi connectivity index (χ0) is 21.6. The number of aromatic nitrogens is 3. The molecule has 158 valence electrons. The lowest BCUT2D eigenvalue weighted by atomic mass is 10.2. The Balaban J connectivity index is 1.32. The molecule has 11 heteroatoms. The molecular formula is C20H16N4O5S2. The molecule has 0 saturated heterocycles. The van der Waals surface area contributed by atoms with Crippen LogP contribution in [0.15, 0.2) is 58.2 Å². The molecule has 0 aliphatic heterocycles. The number of ether oxygens (including phenoxy) is 2. The van der Waals surface area contributed by atoms with Gasteiger partial charge >= 0.3 is 6.09 Å². The van der Waals surface area contributed by atoms with Gasteiger partial charge in [0.05, 0.1) is 23.1 Å². The second-order valence-corrected chi connectivity index (χ2v) is 8.05. The summed E-state index contributed by atoms with van der Waals surface area (Å²) in [6.45, 7) is 0.0811. The Morgan fingerprint density at radius 3 is 2.81 bits per heavy atom. The first-order chi connectivity index (χ1) is 15.1. The van der Waals surface area contributed by atoms with E-state index in [0.717, 1.165) is 10.2 Å². The summed E-state index contributed by atoms with van der Waals surface area (Å²) < 4.78 is 16.6. The minimum absolute atomic E-state index is 0.0134. The fraction of sp³-hybridized carbons (Fsp3) is 0.150. The molecule has 4 aromatic rings. The highest BCUT2D eigenvalue weighted by Crippen LogP contribution is 2.29. The minimum atomic E-state index is -0.578. The van der Waals surface area contributed by atoms with Crippen LogP contribution in [0.4, 0.5) is 9.93 Å². The van der Waals surface area contributed by atoms with Crippen LogP contribution in [0.25, 0.3) is 10.2 Å². The zero-order valence-electron chi connectivity index (χ0n) is 16.2. The molecule has 4 rings (SSSR count). The van der Waals surface area contributed by atoms with Crippen molar-refractivity contribution in [3.63, 3.8) is 0 Å². The average molecular weight is 457 g/mol. The third kappa shape index (κ3) is 5.38. The maximum Gasteiger partial charge on any atom is 0.413 e. The van der Waals surface area contributed by atoms with E-state index in [1.807, 2.05) is 18.2 Å². The molecule has 2 aromatic heterocycles. The van der Waals surface area contributed by atoms with Gasteiger partial charge < -0.3 is 13.9 Å². The number of nitrogens with one attached hydrogen (secondary N) is 1. The van der Waals surface area contributed by atoms with E-state index in [1.54, 1.807) is 30.3 Å². The van der Waals surface area contributed by atoms with Crippen molar-refractivity contribution >= 4 is 50.3 Å². The largest absolute Gasteiger partial charge is 0.484 e. The number of thiazole rings is 1. The summed E-state index contributed by atoms with van der Waals surface area (Å²) >= 11 is 2.48. The first kappa shape index (κ1) is 20.8. The topological polar surface area (TPSA) is 116 Å². The van der Waals surface area contributed by atoms with Gasteiger partial charge in [-0.15, -0.1) is 10.2 Å². The van der Waals surface area contributed by atoms with Gasteiger partial charge in [-0.2, -0.15) is 0 Å². The number of nitrogens with zero attached hydrogens (tertiary/aromatic N) is 3. The van der Waals surface area contributed by atoms with Crippen molar-refractivity contribution in [1.82, 2.24) is 15.2 Å². The molecule has 9 nitrogen and oxygen atoms in total. The molecule has 0 unspecified atom stereocenters. The van der Waals surface area contributed by atoms with E-state index in [-0.39, 0.29) is 18.1 Å². The highest BCUT2D eigenvalue weighted by atomic mass is 32.2. The van der Waals surface area contributed by atoms with Gasteiger partial charge in [-0.05, 0) is 18.2 Å². The van der Waals surface area contributed by atoms with E-state index < -0.39 is 6.09 Å². The van der Waals surface area contributed by atoms with Crippen LogP contribution in [0.5, 0.6) is 5.75 Å². The van der Waals surface area contributed by atoms with Crippen LogP contribution in [-0.4, -0.2) is 39.9 Å². The lowest BCUT2D eigenvalue weighted by Crippen LogP contribution is -2.10. The van der Waals surface area contributed by atoms with Crippen molar-refractivity contribution in [3.8, 4) is 5.75 Å². The van der Waals surface area contributed by atoms with Crippen molar-refractivity contribution in [2.45, 2.75) is 11.8 Å². The SMILES string of the molecule is COC(=O)Nc1nc2ccc(OCc3nnc(SCC(=O)c4ccccc4)o3)cc2s1. The number of anilines is 1. The van der Waals surface area contributed by atoms with E-state index in [0.29, 0.717) is 27.6 Å². The van der Waals surface area contributed by atoms with Crippen molar-refractivity contribution in [3.05, 3.63) is 60.0 Å². The summed E-state index contributed by atoms with van der Waals surface area (Å²) in [6.07, 6.45) is -0.578. The Hall–Kier alpha value is -3.44. The molecule has 0 fully saturated rings. The number of hydrogen-bond acceptors (Lipinski definition) is 10. The van der Waals surface area contributed by atoms with Gasteiger partial charge in [0.1, 0.15) is 5.75 Å². The van der Waals surface area contributed by atoms with E-state index in [4.69, 9.17) is 9.15 Å². The summed E-state index contributed by atoms with van der Waals surface area (Å²) in [5.74, 6) is 1.08. The van der Waals surface area contributed by atoms with Crippen molar-refractivity contribution in [2.75, 3.05) is 18.2 Å². The van der Waals surface area contributed by atoms with Gasteiger partial charge in [0, 0.05) is 5.56 Å². The zero-order valence-corrected chi connectivity index (χ0v) is 17.9. The highest BCUT2D eigenvalue weighted by molar-refractivity contribution is 7.99. The number of Topliss-reactive ketones (excluding diaryl/α,β-unsaturated/α-hetero) is 1. The van der Waals surface area contributed by atoms with E-state index >= 15 is 0 Å². The third-order valence-corrected chi connectivity index (χ3v) is 5.74. The van der Waals surface area contributed by atoms with Crippen LogP contribution in [-0.2, 0) is 11.3 Å². The van der Waals surface area contributed by atoms with Crippen LogP contribution in [0.3, 0.4) is 0 Å². The molecule has 0 spiro atoms. The van der Waals surface area contributed by atoms with Gasteiger partial charge in [-0.3, -0.25) is 10.1 Å². The number of carbonyl (C=O) groups excluding carboxylic acids is 2. The van der Waals surface area contributed by atoms with Gasteiger partial charge in [0.2, 0.25) is 0 Å². The van der Waals surface area contributed by atoms with Gasteiger partial charge in [0.25, 0.3) is 11.1 Å². The Bertz CT molecular complexity index is 1210. The van der Waals surface area contributed by atoms with Crippen LogP contribution < -0.4 is 10.1 Å². The highest BCUT2D eigenvalue weighted by Gasteiger charge is 2.12. The first-order valence-electron chi connectivity index (χ1n) is 9.02. The number of carbonyl (C=O) groups is 2. The molecule has 0 aliphatic carbocycles. The average Bonchev–Trinajstić information content (AvgIpc) is 3.42. The molecule has 0 bridgehead atoms. The fourth-order valence-electron chi connectivity index (χ4n) is 2.52. The van der Waals surface area contributed by atoms with Crippen LogP contribution in [0, 0.1) is 0 Å². The van der Waals surface area contributed by atoms with Crippen molar-refractivity contribution in [1.29, 1.82) is 0 Å². The van der Waals surface area contributed by atoms with Crippen molar-refractivity contribution in [2.24, 2.45) is 0 Å². The normalized spacial score (nSPS) is 10.7. The standard InChI is InChI=1S/C20H16N4O5S2/c1-27-19(26)22-18-21-14-8-7-13(9-16(14)31-18)28-10-17-23-24-20(29-17)30-11-15(25)12-5-3-2-4-6-12/h2-9H,10-11H2,1H3,(H,21,22,26). The Labute approximate surface area is 184 Å². The predicted molar refractivity (Wildman–Crippen MR) is 116 cm³/mol. The quantitative estimate of drug-likeness (QED) is 0.304. The number of fused-ring (bicyclic) bond motifs is 1. The number of methoxy groups -OCH3 is 1. The second-order valence-electron chi connectivity index (χ2n) is 6.09. The van der Waals surface area contributed by atoms with Crippen LogP contribution >= 0.6 is 23.1 Å². The molecular weight excluding hydrogens is 440 g/mol. The van der Waals surface area contributed by atoms with Gasteiger partial charge in [0.15, 0.2) is 17.5 Å². The summed E-state index contributed by atoms with van der Waals surface area (Å²) in [4.78, 5) is 27.8. The van der Waals surface area contributed by atoms with Crippen LogP contribution in [0.1, 0.15) is 16.2 Å². The number of ketones is 1. The Morgan fingerprint density at radius 2 is 2.00 bits per heavy atom. The molecule has 0 aliphatic rings. The van der Waals surface area contributed by atoms with Gasteiger partial charge in [-0.1, -0.05) is 53.4 Å². The lowest BCUT2D eigenvalue weighted by molar-refractivity contribution is 0.102. The van der Waals surface area contributed by atoms with Crippen LogP contribution in [0.2, 0.25) is 0 Å². The third-order valence-electron chi connectivity index (χ3n) is 3.99. The maximum absolute atomic E-state index is 12.2. The van der Waals surface area contributed by atoms with Crippen molar-refractivity contribution < 1.29 is 23.5 Å². The number of thioether (sulfide) groups is 1. The molecule has 2 heterocycles. The summed E-state index contributed by atoms with van der Waals surface area (Å²) in [6, 6.07) is 14.4. The summed E-state index contributed by atoms with van der Waals surface area (Å²) in [5, 5.41) is 11.2. The molecule has 31 heavy (non-hydrogen) atoms. The molecule has 1 N–H and O–H groups in total. The smallest absolute Gasteiger partial charge is 0.413 e. The molecule has 1 amide bonds. The molecule has 0 atom stereocenters. The number of benzene rings is 2. The summed E-state index contributed by atoms with van der Waals surface area (Å²) in [5.41, 5.74) is 1.37. The first-order valence-corrected chi connectivity index (χ1v) is 10.8. The fourth-order valence-corrected chi connectivity index (χ4v) is 4.08. The number of amides is 1. The molecule has 2 aromatic carbocycles. The van der Waals surface area contributed by atoms with E-state index in [9.17, 15) is 9.59 Å². The Morgan fingerprint density at radius 1 is 1.16 bits per heavy atom. The maximum atomic E-state index is 12.2. The summed E-state index contributed by atoms with van der Waals surface area (Å²) in [7, 11) is 1.29. The predicted octanol–water partition coefficient (Wildman–Crippen LogP) is 4.41. The monoisotopic (exact) mass is 456 g/mol. The van der Waals surface area contributed by atoms with Gasteiger partial charge in [-0.25, -0.2) is 9.78 Å². The van der Waals surface area contributed by atoms with E-state index in [2.05, 4.69) is 25.2 Å². The molecule has 0 saturated carbocycles. The Kier molecular flexibility index (Phi) is 6.43.